The normalized spacial score (nSPS) is 10.8. The molecule has 1 heterocycles. The zero-order valence-corrected chi connectivity index (χ0v) is 14.6. The number of benzene rings is 2. The number of rotatable bonds is 3. The fourth-order valence-electron chi connectivity index (χ4n) is 2.25. The van der Waals surface area contributed by atoms with E-state index < -0.39 is 4.92 Å². The Balaban J connectivity index is 2.14. The maximum atomic E-state index is 12.1. The van der Waals surface area contributed by atoms with E-state index >= 15 is 0 Å². The predicted octanol–water partition coefficient (Wildman–Crippen LogP) is 4.06. The number of hydrogen-bond donors (Lipinski definition) is 0. The van der Waals surface area contributed by atoms with Crippen LogP contribution < -0.4 is 4.37 Å². The number of carbonyl (C=O) groups excluding carboxylic acids is 1. The highest BCUT2D eigenvalue weighted by molar-refractivity contribution is 8.13. The first-order valence-corrected chi connectivity index (χ1v) is 8.67. The van der Waals surface area contributed by atoms with Crippen LogP contribution in [-0.4, -0.2) is 29.2 Å². The summed E-state index contributed by atoms with van der Waals surface area (Å²) in [6.07, 6.45) is 1.90. The number of hydrogen-bond acceptors (Lipinski definition) is 5. The Morgan fingerprint density at radius 3 is 2.54 bits per heavy atom. The number of thioether (sulfide) groups is 1. The molecule has 0 aliphatic rings. The number of carbonyl (C=O) groups is 1. The number of nitro benzene ring substituents is 1. The zero-order chi connectivity index (χ0) is 17.3. The van der Waals surface area contributed by atoms with E-state index in [4.69, 9.17) is 0 Å². The van der Waals surface area contributed by atoms with Crippen molar-refractivity contribution in [1.29, 1.82) is 0 Å². The number of fused-ring (bicyclic) bond motifs is 1. The van der Waals surface area contributed by atoms with E-state index in [1.807, 2.05) is 18.3 Å². The predicted molar refractivity (Wildman–Crippen MR) is 95.4 cm³/mol. The van der Waals surface area contributed by atoms with Gasteiger partial charge in [0, 0.05) is 36.7 Å². The molecule has 0 saturated heterocycles. The molecule has 24 heavy (non-hydrogen) atoms. The minimum absolute atomic E-state index is 0.0437. The molecule has 0 unspecified atom stereocenters. The Morgan fingerprint density at radius 1 is 1.21 bits per heavy atom. The van der Waals surface area contributed by atoms with Gasteiger partial charge in [-0.25, -0.2) is 0 Å². The Morgan fingerprint density at radius 2 is 1.92 bits per heavy atom. The van der Waals surface area contributed by atoms with Gasteiger partial charge in [-0.3, -0.25) is 14.9 Å². The van der Waals surface area contributed by atoms with Crippen LogP contribution in [0.5, 0.6) is 0 Å². The van der Waals surface area contributed by atoms with E-state index in [1.54, 1.807) is 26.2 Å². The van der Waals surface area contributed by atoms with Gasteiger partial charge in [0.25, 0.3) is 10.9 Å². The van der Waals surface area contributed by atoms with Gasteiger partial charge in [-0.1, -0.05) is 0 Å². The van der Waals surface area contributed by atoms with Crippen molar-refractivity contribution in [3.8, 4) is 11.1 Å². The number of nitrogens with one attached hydrogen (secondary N) is 1. The molecular formula is C16H14N3O3S2+. The van der Waals surface area contributed by atoms with E-state index in [1.165, 1.54) is 28.6 Å². The lowest BCUT2D eigenvalue weighted by Crippen LogP contribution is -2.16. The van der Waals surface area contributed by atoms with Crippen LogP contribution in [0.15, 0.2) is 47.5 Å². The molecule has 122 valence electrons. The summed E-state index contributed by atoms with van der Waals surface area (Å²) in [5.41, 5.74) is 1.80. The lowest BCUT2D eigenvalue weighted by Gasteiger charge is -2.12. The highest BCUT2D eigenvalue weighted by Crippen LogP contribution is 2.39. The standard InChI is InChI=1S/C16H13N3O3S2/c1-18(2)16(20)23-13-8-5-11-9-17-24-15(11)14(13)10-3-6-12(7-4-10)19(21)22/h3-9H,1-2H3/p+1. The quantitative estimate of drug-likeness (QED) is 0.401. The largest absolute Gasteiger partial charge is 0.339 e. The van der Waals surface area contributed by atoms with Crippen molar-refractivity contribution in [2.24, 2.45) is 0 Å². The van der Waals surface area contributed by atoms with E-state index in [-0.39, 0.29) is 10.9 Å². The third-order valence-corrected chi connectivity index (χ3v) is 5.43. The van der Waals surface area contributed by atoms with Crippen LogP contribution in [0.25, 0.3) is 21.2 Å². The number of amides is 1. The summed E-state index contributed by atoms with van der Waals surface area (Å²) < 4.78 is 4.12. The summed E-state index contributed by atoms with van der Waals surface area (Å²) in [7, 11) is 3.41. The molecule has 0 radical (unpaired) electrons. The summed E-state index contributed by atoms with van der Waals surface area (Å²) >= 11 is 2.62. The summed E-state index contributed by atoms with van der Waals surface area (Å²) in [6.45, 7) is 0. The van der Waals surface area contributed by atoms with E-state index in [9.17, 15) is 14.9 Å². The molecule has 0 fully saturated rings. The number of aromatic amines is 1. The van der Waals surface area contributed by atoms with Gasteiger partial charge in [-0.2, -0.15) is 4.37 Å². The molecular weight excluding hydrogens is 346 g/mol. The van der Waals surface area contributed by atoms with Gasteiger partial charge >= 0.3 is 0 Å². The van der Waals surface area contributed by atoms with Crippen LogP contribution in [0, 0.1) is 10.1 Å². The van der Waals surface area contributed by atoms with E-state index in [0.29, 0.717) is 0 Å². The number of non-ortho nitro benzene ring substituents is 1. The van der Waals surface area contributed by atoms with Crippen molar-refractivity contribution in [3.63, 3.8) is 0 Å². The van der Waals surface area contributed by atoms with Gasteiger partial charge in [0.2, 0.25) is 0 Å². The lowest BCUT2D eigenvalue weighted by atomic mass is 10.0. The van der Waals surface area contributed by atoms with Gasteiger partial charge in [-0.15, -0.1) is 0 Å². The SMILES string of the molecule is CN(C)C(=O)Sc1ccc2c[nH+]sc2c1-c1ccc([N+](=O)[O-])cc1. The maximum absolute atomic E-state index is 12.1. The van der Waals surface area contributed by atoms with Crippen LogP contribution in [0.4, 0.5) is 10.5 Å². The van der Waals surface area contributed by atoms with Crippen LogP contribution in [0.2, 0.25) is 0 Å². The average molecular weight is 360 g/mol. The molecule has 3 aromatic rings. The Kier molecular flexibility index (Phi) is 4.50. The highest BCUT2D eigenvalue weighted by Gasteiger charge is 2.19. The first-order valence-electron chi connectivity index (χ1n) is 7.04. The summed E-state index contributed by atoms with van der Waals surface area (Å²) in [5.74, 6) is 0. The van der Waals surface area contributed by atoms with Crippen molar-refractivity contribution >= 4 is 44.3 Å². The van der Waals surface area contributed by atoms with Crippen molar-refractivity contribution in [3.05, 3.63) is 52.7 Å². The second-order valence-corrected chi connectivity index (χ2v) is 7.13. The maximum Gasteiger partial charge on any atom is 0.285 e. The molecule has 1 N–H and O–H groups in total. The molecule has 1 amide bonds. The van der Waals surface area contributed by atoms with Crippen LogP contribution in [-0.2, 0) is 0 Å². The molecule has 3 rings (SSSR count). The second kappa shape index (κ2) is 6.58. The fraction of sp³-hybridized carbons (Fsp3) is 0.125. The Hall–Kier alpha value is -2.45. The average Bonchev–Trinajstić information content (AvgIpc) is 3.03. The molecule has 6 nitrogen and oxygen atoms in total. The lowest BCUT2D eigenvalue weighted by molar-refractivity contribution is -0.384. The molecule has 0 aliphatic carbocycles. The number of H-pyrrole nitrogens is 1. The fourth-order valence-corrected chi connectivity index (χ4v) is 4.02. The highest BCUT2D eigenvalue weighted by atomic mass is 32.2. The summed E-state index contributed by atoms with van der Waals surface area (Å²) in [5, 5.41) is 11.8. The Labute approximate surface area is 146 Å². The monoisotopic (exact) mass is 360 g/mol. The second-order valence-electron chi connectivity index (χ2n) is 5.29. The van der Waals surface area contributed by atoms with Gasteiger partial charge in [-0.05, 0) is 41.6 Å². The van der Waals surface area contributed by atoms with Crippen LogP contribution in [0.3, 0.4) is 0 Å². The number of nitrogens with zero attached hydrogens (tertiary/aromatic N) is 2. The van der Waals surface area contributed by atoms with Crippen LogP contribution in [0.1, 0.15) is 0 Å². The number of aromatic nitrogens is 1. The molecule has 0 spiro atoms. The smallest absolute Gasteiger partial charge is 0.285 e. The van der Waals surface area contributed by atoms with Gasteiger partial charge < -0.3 is 4.90 Å². The molecule has 1 aromatic heterocycles. The number of nitro groups is 1. The third-order valence-electron chi connectivity index (χ3n) is 3.45. The molecule has 0 saturated carbocycles. The van der Waals surface area contributed by atoms with Crippen LogP contribution >= 0.6 is 23.3 Å². The first kappa shape index (κ1) is 16.4. The molecule has 8 heteroatoms. The minimum Gasteiger partial charge on any atom is -0.339 e. The topological polar surface area (TPSA) is 77.6 Å². The van der Waals surface area contributed by atoms with E-state index in [0.717, 1.165) is 37.9 Å². The minimum atomic E-state index is -0.422. The van der Waals surface area contributed by atoms with Crippen molar-refractivity contribution in [2.45, 2.75) is 4.90 Å². The van der Waals surface area contributed by atoms with Crippen molar-refractivity contribution in [2.75, 3.05) is 14.1 Å². The Bertz CT molecular complexity index is 920. The molecule has 0 atom stereocenters. The van der Waals surface area contributed by atoms with Crippen molar-refractivity contribution < 1.29 is 14.1 Å². The molecule has 0 bridgehead atoms. The van der Waals surface area contributed by atoms with Gasteiger partial charge in [0.05, 0.1) is 10.3 Å². The third kappa shape index (κ3) is 3.10. The van der Waals surface area contributed by atoms with Gasteiger partial charge in [0.1, 0.15) is 16.2 Å². The van der Waals surface area contributed by atoms with E-state index in [2.05, 4.69) is 4.37 Å². The van der Waals surface area contributed by atoms with Crippen molar-refractivity contribution in [1.82, 2.24) is 4.90 Å². The zero-order valence-electron chi connectivity index (χ0n) is 13.0. The molecule has 2 aromatic carbocycles. The van der Waals surface area contributed by atoms with Gasteiger partial charge in [0.15, 0.2) is 6.20 Å². The summed E-state index contributed by atoms with van der Waals surface area (Å²) in [4.78, 5) is 24.9. The first-order chi connectivity index (χ1) is 11.5. The molecule has 0 aliphatic heterocycles. The summed E-state index contributed by atoms with van der Waals surface area (Å²) in [6, 6.07) is 10.3.